The van der Waals surface area contributed by atoms with Gasteiger partial charge in [-0.3, -0.25) is 0 Å². The van der Waals surface area contributed by atoms with Gasteiger partial charge in [-0.1, -0.05) is 36.4 Å². The number of methoxy groups -OCH3 is 1. The molecule has 0 fully saturated rings. The standard InChI is InChI=1S/C24H26N2O4/c1-28-21-10-4-5-11-22(21)29-14-13-25-15-17(27)16-30-23-12-6-9-20-24(23)18-7-2-3-8-19(18)26-20/h2-12,17,25-27H,13-16H2,1H3/i4+1,5+1,10+1,11+1,21+1,22+1. The largest absolute Gasteiger partial charge is 0.493 e. The summed E-state index contributed by atoms with van der Waals surface area (Å²) in [5, 5.41) is 15.6. The molecule has 0 aliphatic carbocycles. The topological polar surface area (TPSA) is 75.7 Å². The van der Waals surface area contributed by atoms with Gasteiger partial charge in [0.15, 0.2) is 11.5 Å². The van der Waals surface area contributed by atoms with Crippen LogP contribution in [0.1, 0.15) is 0 Å². The molecule has 0 spiro atoms. The Balaban J connectivity index is 1.26. The molecule has 0 aliphatic heterocycles. The van der Waals surface area contributed by atoms with Crippen LogP contribution in [-0.4, -0.2) is 49.6 Å². The normalized spacial score (nSPS) is 12.2. The number of ether oxygens (including phenoxy) is 3. The third-order valence-electron chi connectivity index (χ3n) is 4.91. The van der Waals surface area contributed by atoms with Crippen LogP contribution in [0.15, 0.2) is 66.7 Å². The van der Waals surface area contributed by atoms with Crippen molar-refractivity contribution in [1.29, 1.82) is 0 Å². The lowest BCUT2D eigenvalue weighted by Gasteiger charge is -2.15. The smallest absolute Gasteiger partial charge is 0.161 e. The summed E-state index contributed by atoms with van der Waals surface area (Å²) in [7, 11) is 1.62. The van der Waals surface area contributed by atoms with E-state index in [1.54, 1.807) is 7.11 Å². The Hall–Kier alpha value is -3.22. The quantitative estimate of drug-likeness (QED) is 0.346. The Morgan fingerprint density at radius 2 is 1.60 bits per heavy atom. The van der Waals surface area contributed by atoms with Gasteiger partial charge in [0.05, 0.1) is 12.6 Å². The SMILES string of the molecule is CO[13c]1[13cH][13cH][13cH][13cH][13c]1OCCNCC(O)COc1cccc2[nH]c3ccccc3c12. The van der Waals surface area contributed by atoms with Crippen molar-refractivity contribution in [3.8, 4) is 17.2 Å². The number of aliphatic hydroxyl groups excluding tert-OH is 1. The molecule has 6 heteroatoms. The van der Waals surface area contributed by atoms with Crippen LogP contribution >= 0.6 is 0 Å². The number of benzene rings is 3. The molecule has 1 aromatic heterocycles. The highest BCUT2D eigenvalue weighted by molar-refractivity contribution is 6.10. The van der Waals surface area contributed by atoms with E-state index in [1.165, 1.54) is 0 Å². The van der Waals surface area contributed by atoms with Crippen molar-refractivity contribution in [2.75, 3.05) is 33.4 Å². The highest BCUT2D eigenvalue weighted by Crippen LogP contribution is 2.33. The van der Waals surface area contributed by atoms with E-state index < -0.39 is 6.10 Å². The average Bonchev–Trinajstić information content (AvgIpc) is 3.17. The Morgan fingerprint density at radius 1 is 0.867 bits per heavy atom. The number of aliphatic hydroxyl groups is 1. The maximum absolute atomic E-state index is 10.3. The minimum atomic E-state index is -0.628. The van der Waals surface area contributed by atoms with E-state index >= 15 is 0 Å². The highest BCUT2D eigenvalue weighted by Gasteiger charge is 2.11. The van der Waals surface area contributed by atoms with Crippen LogP contribution in [0.25, 0.3) is 21.8 Å². The first-order valence-corrected chi connectivity index (χ1v) is 10.0. The second-order valence-electron chi connectivity index (χ2n) is 7.02. The minimum Gasteiger partial charge on any atom is -0.493 e. The van der Waals surface area contributed by atoms with Crippen LogP contribution in [0.5, 0.6) is 17.2 Å². The fraction of sp³-hybridized carbons (Fsp3) is 0.250. The molecule has 0 radical (unpaired) electrons. The van der Waals surface area contributed by atoms with Crippen molar-refractivity contribution < 1.29 is 19.3 Å². The molecule has 0 amide bonds. The summed E-state index contributed by atoms with van der Waals surface area (Å²) in [6, 6.07) is 21.6. The number of hydrogen-bond acceptors (Lipinski definition) is 5. The predicted octanol–water partition coefficient (Wildman–Crippen LogP) is 3.74. The summed E-state index contributed by atoms with van der Waals surface area (Å²) >= 11 is 0. The van der Waals surface area contributed by atoms with Crippen LogP contribution in [0.2, 0.25) is 0 Å². The predicted molar refractivity (Wildman–Crippen MR) is 119 cm³/mol. The van der Waals surface area contributed by atoms with Gasteiger partial charge in [0.1, 0.15) is 25.1 Å². The number of nitrogens with one attached hydrogen (secondary N) is 2. The molecular weight excluding hydrogens is 386 g/mol. The zero-order chi connectivity index (χ0) is 20.8. The first-order valence-electron chi connectivity index (χ1n) is 10.0. The van der Waals surface area contributed by atoms with Gasteiger partial charge in [-0.2, -0.15) is 0 Å². The molecule has 0 bridgehead atoms. The summed E-state index contributed by atoms with van der Waals surface area (Å²) in [5.41, 5.74) is 2.09. The molecule has 3 aromatic carbocycles. The van der Waals surface area contributed by atoms with E-state index in [9.17, 15) is 5.11 Å². The zero-order valence-electron chi connectivity index (χ0n) is 16.9. The lowest BCUT2D eigenvalue weighted by Crippen LogP contribution is -2.33. The summed E-state index contributed by atoms with van der Waals surface area (Å²) in [6.45, 7) is 1.70. The monoisotopic (exact) mass is 412 g/mol. The Kier molecular flexibility index (Phi) is 6.37. The summed E-state index contributed by atoms with van der Waals surface area (Å²) in [5.74, 6) is 2.18. The zero-order valence-corrected chi connectivity index (χ0v) is 16.9. The van der Waals surface area contributed by atoms with Gasteiger partial charge < -0.3 is 29.6 Å². The van der Waals surface area contributed by atoms with Crippen molar-refractivity contribution >= 4 is 21.8 Å². The van der Waals surface area contributed by atoms with Gasteiger partial charge in [-0.25, -0.2) is 0 Å². The minimum absolute atomic E-state index is 0.207. The molecule has 0 saturated heterocycles. The van der Waals surface area contributed by atoms with Gasteiger partial charge in [-0.15, -0.1) is 0 Å². The number of rotatable bonds is 10. The van der Waals surface area contributed by atoms with Crippen molar-refractivity contribution in [1.82, 2.24) is 10.3 Å². The molecular formula is C24H26N2O4. The van der Waals surface area contributed by atoms with E-state index in [-0.39, 0.29) is 6.61 Å². The fourth-order valence-corrected chi connectivity index (χ4v) is 3.47. The molecule has 1 unspecified atom stereocenters. The number of para-hydroxylation sites is 3. The van der Waals surface area contributed by atoms with Crippen molar-refractivity contribution in [3.05, 3.63) is 66.7 Å². The fourth-order valence-electron chi connectivity index (χ4n) is 3.47. The number of H-pyrrole nitrogens is 1. The van der Waals surface area contributed by atoms with Gasteiger partial charge >= 0.3 is 0 Å². The number of aromatic nitrogens is 1. The van der Waals surface area contributed by atoms with Gasteiger partial charge in [0.2, 0.25) is 0 Å². The molecule has 4 aromatic rings. The molecule has 156 valence electrons. The van der Waals surface area contributed by atoms with E-state index in [2.05, 4.69) is 16.4 Å². The van der Waals surface area contributed by atoms with Crippen molar-refractivity contribution in [2.24, 2.45) is 0 Å². The van der Waals surface area contributed by atoms with E-state index in [0.29, 0.717) is 31.2 Å². The van der Waals surface area contributed by atoms with E-state index in [0.717, 1.165) is 27.6 Å². The maximum Gasteiger partial charge on any atom is 0.161 e. The molecule has 0 saturated carbocycles. The Bertz CT molecular complexity index is 1110. The van der Waals surface area contributed by atoms with Crippen molar-refractivity contribution in [3.63, 3.8) is 0 Å². The third-order valence-corrected chi connectivity index (χ3v) is 4.91. The second-order valence-corrected chi connectivity index (χ2v) is 7.02. The second kappa shape index (κ2) is 9.52. The summed E-state index contributed by atoms with van der Waals surface area (Å²) in [4.78, 5) is 3.40. The molecule has 6 nitrogen and oxygen atoms in total. The number of hydrogen-bond donors (Lipinski definition) is 3. The molecule has 1 heterocycles. The van der Waals surface area contributed by atoms with Crippen LogP contribution in [-0.2, 0) is 0 Å². The van der Waals surface area contributed by atoms with E-state index in [4.69, 9.17) is 14.2 Å². The van der Waals surface area contributed by atoms with Crippen LogP contribution in [0, 0.1) is 0 Å². The molecule has 4 rings (SSSR count). The third kappa shape index (κ3) is 4.50. The summed E-state index contributed by atoms with van der Waals surface area (Å²) in [6.07, 6.45) is -0.628. The lowest BCUT2D eigenvalue weighted by atomic mass is 10.1. The Morgan fingerprint density at radius 3 is 2.47 bits per heavy atom. The van der Waals surface area contributed by atoms with Gasteiger partial charge in [0, 0.05) is 29.4 Å². The van der Waals surface area contributed by atoms with Crippen LogP contribution < -0.4 is 19.5 Å². The van der Waals surface area contributed by atoms with Crippen LogP contribution in [0.3, 0.4) is 0 Å². The molecule has 3 N–H and O–H groups in total. The summed E-state index contributed by atoms with van der Waals surface area (Å²) < 4.78 is 16.9. The molecule has 0 aliphatic rings. The van der Waals surface area contributed by atoms with E-state index in [1.807, 2.05) is 60.7 Å². The van der Waals surface area contributed by atoms with Crippen molar-refractivity contribution in [2.45, 2.75) is 6.10 Å². The van der Waals surface area contributed by atoms with Crippen LogP contribution in [0.4, 0.5) is 0 Å². The Labute approximate surface area is 175 Å². The lowest BCUT2D eigenvalue weighted by molar-refractivity contribution is 0.106. The van der Waals surface area contributed by atoms with Gasteiger partial charge in [0.25, 0.3) is 0 Å². The maximum atomic E-state index is 10.3. The van der Waals surface area contributed by atoms with Gasteiger partial charge in [-0.05, 0) is 30.3 Å². The first-order chi connectivity index (χ1) is 14.8. The molecule has 1 atom stereocenters. The number of aromatic amines is 1. The number of fused-ring (bicyclic) bond motifs is 3. The molecule has 30 heavy (non-hydrogen) atoms. The highest BCUT2D eigenvalue weighted by atomic mass is 16.6. The average molecular weight is 412 g/mol. The first kappa shape index (κ1) is 20.1.